The topological polar surface area (TPSA) is 46.9 Å². The number of aromatic nitrogens is 2. The van der Waals surface area contributed by atoms with Gasteiger partial charge < -0.3 is 9.88 Å². The van der Waals surface area contributed by atoms with Gasteiger partial charge in [-0.25, -0.2) is 4.98 Å². The standard InChI is InChI=1S/C19H21N3OS/c1-3-14-8-7-9-15(12-14)20-18(23)13-24-19-21-16-10-5-6-11-17(16)22(19)4-2/h5-12H,3-4,13H2,1-2H3,(H,20,23). The molecule has 0 saturated carbocycles. The molecule has 1 amide bonds. The zero-order valence-corrected chi connectivity index (χ0v) is 14.8. The van der Waals surface area contributed by atoms with Crippen molar-refractivity contribution in [2.45, 2.75) is 32.0 Å². The number of carbonyl (C=O) groups is 1. The molecule has 0 spiro atoms. The molecular formula is C19H21N3OS. The third-order valence-electron chi connectivity index (χ3n) is 3.89. The molecule has 2 aromatic carbocycles. The molecule has 0 fully saturated rings. The molecule has 124 valence electrons. The fraction of sp³-hybridized carbons (Fsp3) is 0.263. The van der Waals surface area contributed by atoms with Crippen LogP contribution < -0.4 is 5.32 Å². The quantitative estimate of drug-likeness (QED) is 0.679. The van der Waals surface area contributed by atoms with E-state index in [0.29, 0.717) is 5.75 Å². The van der Waals surface area contributed by atoms with Gasteiger partial charge in [0.05, 0.1) is 16.8 Å². The molecule has 3 rings (SSSR count). The van der Waals surface area contributed by atoms with Crippen LogP contribution >= 0.6 is 11.8 Å². The maximum Gasteiger partial charge on any atom is 0.234 e. The average molecular weight is 339 g/mol. The first-order chi connectivity index (χ1) is 11.7. The van der Waals surface area contributed by atoms with Crippen molar-refractivity contribution in [3.8, 4) is 0 Å². The van der Waals surface area contributed by atoms with E-state index in [1.165, 1.54) is 17.3 Å². The second-order valence-electron chi connectivity index (χ2n) is 5.52. The number of hydrogen-bond donors (Lipinski definition) is 1. The second kappa shape index (κ2) is 7.53. The number of anilines is 1. The first kappa shape index (κ1) is 16.6. The number of hydrogen-bond acceptors (Lipinski definition) is 3. The lowest BCUT2D eigenvalue weighted by molar-refractivity contribution is -0.113. The van der Waals surface area contributed by atoms with Crippen molar-refractivity contribution in [1.29, 1.82) is 0 Å². The SMILES string of the molecule is CCc1cccc(NC(=O)CSc2nc3ccccc3n2CC)c1. The summed E-state index contributed by atoms with van der Waals surface area (Å²) in [5.41, 5.74) is 4.15. The maximum atomic E-state index is 12.2. The highest BCUT2D eigenvalue weighted by atomic mass is 32.2. The summed E-state index contributed by atoms with van der Waals surface area (Å²) in [6, 6.07) is 16.0. The van der Waals surface area contributed by atoms with E-state index in [-0.39, 0.29) is 5.91 Å². The molecule has 0 unspecified atom stereocenters. The van der Waals surface area contributed by atoms with Crippen LogP contribution in [0.3, 0.4) is 0 Å². The minimum Gasteiger partial charge on any atom is -0.325 e. The average Bonchev–Trinajstić information content (AvgIpc) is 2.97. The summed E-state index contributed by atoms with van der Waals surface area (Å²) in [4.78, 5) is 16.9. The maximum absolute atomic E-state index is 12.2. The summed E-state index contributed by atoms with van der Waals surface area (Å²) in [5, 5.41) is 3.85. The van der Waals surface area contributed by atoms with E-state index < -0.39 is 0 Å². The lowest BCUT2D eigenvalue weighted by Gasteiger charge is -2.07. The molecule has 1 N–H and O–H groups in total. The van der Waals surface area contributed by atoms with Crippen LogP contribution in [0.25, 0.3) is 11.0 Å². The van der Waals surface area contributed by atoms with Crippen LogP contribution in [0.2, 0.25) is 0 Å². The van der Waals surface area contributed by atoms with Crippen molar-refractivity contribution in [3.05, 3.63) is 54.1 Å². The Kier molecular flexibility index (Phi) is 5.20. The number of amides is 1. The van der Waals surface area contributed by atoms with E-state index in [1.807, 2.05) is 36.4 Å². The van der Waals surface area contributed by atoms with E-state index >= 15 is 0 Å². The Morgan fingerprint density at radius 1 is 1.17 bits per heavy atom. The number of nitrogens with zero attached hydrogens (tertiary/aromatic N) is 2. The van der Waals surface area contributed by atoms with Crippen LogP contribution in [0.1, 0.15) is 19.4 Å². The highest BCUT2D eigenvalue weighted by Crippen LogP contribution is 2.24. The highest BCUT2D eigenvalue weighted by molar-refractivity contribution is 7.99. The summed E-state index contributed by atoms with van der Waals surface area (Å²) in [6.07, 6.45) is 0.957. The van der Waals surface area contributed by atoms with Crippen molar-refractivity contribution in [3.63, 3.8) is 0 Å². The number of aryl methyl sites for hydroxylation is 2. The molecule has 0 bridgehead atoms. The van der Waals surface area contributed by atoms with Crippen LogP contribution in [-0.2, 0) is 17.8 Å². The fourth-order valence-electron chi connectivity index (χ4n) is 2.67. The Morgan fingerprint density at radius 3 is 2.79 bits per heavy atom. The van der Waals surface area contributed by atoms with Gasteiger partial charge in [0.15, 0.2) is 5.16 Å². The van der Waals surface area contributed by atoms with E-state index in [2.05, 4.69) is 40.8 Å². The second-order valence-corrected chi connectivity index (χ2v) is 6.46. The minimum atomic E-state index is -0.0111. The number of fused-ring (bicyclic) bond motifs is 1. The number of para-hydroxylation sites is 2. The Bertz CT molecular complexity index is 857. The van der Waals surface area contributed by atoms with Gasteiger partial charge in [-0.1, -0.05) is 43.0 Å². The predicted octanol–water partition coefficient (Wildman–Crippen LogP) is 4.35. The minimum absolute atomic E-state index is 0.0111. The fourth-order valence-corrected chi connectivity index (χ4v) is 3.54. The molecule has 4 nitrogen and oxygen atoms in total. The number of rotatable bonds is 6. The molecule has 1 aromatic heterocycles. The predicted molar refractivity (Wildman–Crippen MR) is 101 cm³/mol. The Morgan fingerprint density at radius 2 is 2.00 bits per heavy atom. The summed E-state index contributed by atoms with van der Waals surface area (Å²) in [6.45, 7) is 5.03. The van der Waals surface area contributed by atoms with Crippen molar-refractivity contribution < 1.29 is 4.79 Å². The molecule has 1 heterocycles. The van der Waals surface area contributed by atoms with Gasteiger partial charge in [-0.05, 0) is 43.2 Å². The molecule has 0 atom stereocenters. The lowest BCUT2D eigenvalue weighted by Crippen LogP contribution is -2.14. The van der Waals surface area contributed by atoms with Gasteiger partial charge in [-0.2, -0.15) is 0 Å². The molecule has 24 heavy (non-hydrogen) atoms. The summed E-state index contributed by atoms with van der Waals surface area (Å²) in [5.74, 6) is 0.336. The zero-order chi connectivity index (χ0) is 16.9. The van der Waals surface area contributed by atoms with Crippen LogP contribution in [0.5, 0.6) is 0 Å². The molecule has 0 aliphatic rings. The van der Waals surface area contributed by atoms with E-state index in [9.17, 15) is 4.79 Å². The van der Waals surface area contributed by atoms with Gasteiger partial charge >= 0.3 is 0 Å². The van der Waals surface area contributed by atoms with Gasteiger partial charge in [0.2, 0.25) is 5.91 Å². The van der Waals surface area contributed by atoms with Crippen LogP contribution in [-0.4, -0.2) is 21.2 Å². The number of carbonyl (C=O) groups excluding carboxylic acids is 1. The third kappa shape index (κ3) is 3.62. The normalized spacial score (nSPS) is 10.9. The molecule has 0 aliphatic heterocycles. The smallest absolute Gasteiger partial charge is 0.234 e. The molecule has 0 aliphatic carbocycles. The lowest BCUT2D eigenvalue weighted by atomic mass is 10.1. The Hall–Kier alpha value is -2.27. The first-order valence-electron chi connectivity index (χ1n) is 8.18. The zero-order valence-electron chi connectivity index (χ0n) is 14.0. The van der Waals surface area contributed by atoms with Crippen molar-refractivity contribution in [2.75, 3.05) is 11.1 Å². The van der Waals surface area contributed by atoms with Crippen LogP contribution in [0.15, 0.2) is 53.7 Å². The molecular weight excluding hydrogens is 318 g/mol. The monoisotopic (exact) mass is 339 g/mol. The molecule has 0 saturated heterocycles. The van der Waals surface area contributed by atoms with Gasteiger partial charge in [0.1, 0.15) is 0 Å². The molecule has 5 heteroatoms. The van der Waals surface area contributed by atoms with Gasteiger partial charge in [0.25, 0.3) is 0 Å². The van der Waals surface area contributed by atoms with Crippen molar-refractivity contribution in [1.82, 2.24) is 9.55 Å². The van der Waals surface area contributed by atoms with Crippen molar-refractivity contribution >= 4 is 34.4 Å². The molecule has 0 radical (unpaired) electrons. The van der Waals surface area contributed by atoms with E-state index in [1.54, 1.807) is 0 Å². The van der Waals surface area contributed by atoms with Gasteiger partial charge in [0, 0.05) is 12.2 Å². The number of thioether (sulfide) groups is 1. The number of benzene rings is 2. The summed E-state index contributed by atoms with van der Waals surface area (Å²) < 4.78 is 2.14. The first-order valence-corrected chi connectivity index (χ1v) is 9.16. The third-order valence-corrected chi connectivity index (χ3v) is 4.86. The van der Waals surface area contributed by atoms with Gasteiger partial charge in [-0.3, -0.25) is 4.79 Å². The van der Waals surface area contributed by atoms with E-state index in [4.69, 9.17) is 0 Å². The molecule has 3 aromatic rings. The van der Waals surface area contributed by atoms with Crippen molar-refractivity contribution in [2.24, 2.45) is 0 Å². The largest absolute Gasteiger partial charge is 0.325 e. The Labute approximate surface area is 146 Å². The van der Waals surface area contributed by atoms with Crippen LogP contribution in [0.4, 0.5) is 5.69 Å². The highest BCUT2D eigenvalue weighted by Gasteiger charge is 2.12. The van der Waals surface area contributed by atoms with Crippen LogP contribution in [0, 0.1) is 0 Å². The van der Waals surface area contributed by atoms with Gasteiger partial charge in [-0.15, -0.1) is 0 Å². The summed E-state index contributed by atoms with van der Waals surface area (Å²) >= 11 is 1.47. The van der Waals surface area contributed by atoms with E-state index in [0.717, 1.165) is 34.8 Å². The number of nitrogens with one attached hydrogen (secondary N) is 1. The number of imidazole rings is 1. The Balaban J connectivity index is 1.68. The summed E-state index contributed by atoms with van der Waals surface area (Å²) in [7, 11) is 0.